The van der Waals surface area contributed by atoms with Crippen LogP contribution in [0.4, 0.5) is 0 Å². The summed E-state index contributed by atoms with van der Waals surface area (Å²) in [5.41, 5.74) is 0. The van der Waals surface area contributed by atoms with Crippen LogP contribution in [-0.4, -0.2) is 50.2 Å². The van der Waals surface area contributed by atoms with Crippen molar-refractivity contribution < 1.29 is 14.3 Å². The van der Waals surface area contributed by atoms with Gasteiger partial charge in [0.2, 0.25) is 6.10 Å². The SMILES string of the molecule is C[C@@H]1Oc2ccccc2O[C@H]1C(=O)NCC#CCN(C)C. The third-order valence-electron chi connectivity index (χ3n) is 2.97. The highest BCUT2D eigenvalue weighted by atomic mass is 16.6. The summed E-state index contributed by atoms with van der Waals surface area (Å²) in [4.78, 5) is 14.1. The van der Waals surface area contributed by atoms with Gasteiger partial charge in [0, 0.05) is 0 Å². The van der Waals surface area contributed by atoms with Crippen molar-refractivity contribution in [3.63, 3.8) is 0 Å². The first-order chi connectivity index (χ1) is 10.1. The van der Waals surface area contributed by atoms with E-state index in [9.17, 15) is 4.79 Å². The van der Waals surface area contributed by atoms with Crippen LogP contribution in [-0.2, 0) is 4.79 Å². The molecule has 2 atom stereocenters. The number of nitrogens with zero attached hydrogens (tertiary/aromatic N) is 1. The molecule has 0 aromatic heterocycles. The maximum absolute atomic E-state index is 12.1. The lowest BCUT2D eigenvalue weighted by atomic mass is 10.1. The van der Waals surface area contributed by atoms with Crippen LogP contribution >= 0.6 is 0 Å². The van der Waals surface area contributed by atoms with E-state index >= 15 is 0 Å². The molecule has 1 heterocycles. The highest BCUT2D eigenvalue weighted by Crippen LogP contribution is 2.33. The lowest BCUT2D eigenvalue weighted by Gasteiger charge is -2.30. The molecule has 1 amide bonds. The molecule has 0 bridgehead atoms. The Kier molecular flexibility index (Phi) is 5.07. The van der Waals surface area contributed by atoms with Crippen LogP contribution in [0.1, 0.15) is 6.92 Å². The van der Waals surface area contributed by atoms with E-state index in [-0.39, 0.29) is 12.0 Å². The van der Waals surface area contributed by atoms with E-state index in [4.69, 9.17) is 9.47 Å². The summed E-state index contributed by atoms with van der Waals surface area (Å²) in [5, 5.41) is 2.75. The van der Waals surface area contributed by atoms with Gasteiger partial charge >= 0.3 is 0 Å². The molecular formula is C16H20N2O3. The zero-order valence-corrected chi connectivity index (χ0v) is 12.6. The quantitative estimate of drug-likeness (QED) is 0.840. The zero-order chi connectivity index (χ0) is 15.2. The molecule has 0 aliphatic carbocycles. The number of carbonyl (C=O) groups is 1. The minimum absolute atomic E-state index is 0.212. The molecule has 1 aliphatic heterocycles. The third kappa shape index (κ3) is 4.14. The summed E-state index contributed by atoms with van der Waals surface area (Å²) >= 11 is 0. The second-order valence-electron chi connectivity index (χ2n) is 5.12. The van der Waals surface area contributed by atoms with Crippen molar-refractivity contribution in [3.8, 4) is 23.3 Å². The largest absolute Gasteiger partial charge is 0.482 e. The van der Waals surface area contributed by atoms with Gasteiger partial charge in [-0.1, -0.05) is 24.0 Å². The molecule has 0 saturated carbocycles. The molecule has 1 aromatic rings. The first-order valence-corrected chi connectivity index (χ1v) is 6.88. The van der Waals surface area contributed by atoms with Crippen LogP contribution in [0.5, 0.6) is 11.5 Å². The average molecular weight is 288 g/mol. The van der Waals surface area contributed by atoms with E-state index < -0.39 is 6.10 Å². The number of hydrogen-bond acceptors (Lipinski definition) is 4. The molecule has 2 rings (SSSR count). The van der Waals surface area contributed by atoms with Crippen LogP contribution in [0.15, 0.2) is 24.3 Å². The molecule has 5 heteroatoms. The summed E-state index contributed by atoms with van der Waals surface area (Å²) < 4.78 is 11.4. The van der Waals surface area contributed by atoms with E-state index in [1.165, 1.54) is 0 Å². The van der Waals surface area contributed by atoms with Crippen molar-refractivity contribution >= 4 is 5.91 Å². The number of carbonyl (C=O) groups excluding carboxylic acids is 1. The fraction of sp³-hybridized carbons (Fsp3) is 0.438. The lowest BCUT2D eigenvalue weighted by Crippen LogP contribution is -2.49. The Morgan fingerprint density at radius 2 is 1.90 bits per heavy atom. The van der Waals surface area contributed by atoms with E-state index in [0.717, 1.165) is 0 Å². The second-order valence-corrected chi connectivity index (χ2v) is 5.12. The number of para-hydroxylation sites is 2. The van der Waals surface area contributed by atoms with Gasteiger partial charge in [0.25, 0.3) is 5.91 Å². The van der Waals surface area contributed by atoms with E-state index in [2.05, 4.69) is 17.2 Å². The predicted molar refractivity (Wildman–Crippen MR) is 80.3 cm³/mol. The number of amides is 1. The lowest BCUT2D eigenvalue weighted by molar-refractivity contribution is -0.133. The summed E-state index contributed by atoms with van der Waals surface area (Å²) in [6.45, 7) is 2.79. The van der Waals surface area contributed by atoms with Gasteiger partial charge in [0.05, 0.1) is 13.1 Å². The first kappa shape index (κ1) is 15.2. The third-order valence-corrected chi connectivity index (χ3v) is 2.97. The van der Waals surface area contributed by atoms with Gasteiger partial charge in [0.1, 0.15) is 6.10 Å². The molecule has 21 heavy (non-hydrogen) atoms. The van der Waals surface area contributed by atoms with Crippen molar-refractivity contribution in [2.24, 2.45) is 0 Å². The Bertz CT molecular complexity index is 560. The molecule has 0 saturated heterocycles. The Morgan fingerprint density at radius 1 is 1.24 bits per heavy atom. The summed E-state index contributed by atoms with van der Waals surface area (Å²) in [7, 11) is 3.89. The monoisotopic (exact) mass is 288 g/mol. The van der Waals surface area contributed by atoms with Crippen LogP contribution in [0.2, 0.25) is 0 Å². The van der Waals surface area contributed by atoms with E-state index in [1.54, 1.807) is 6.07 Å². The van der Waals surface area contributed by atoms with Gasteiger partial charge in [-0.15, -0.1) is 0 Å². The smallest absolute Gasteiger partial charge is 0.265 e. The first-order valence-electron chi connectivity index (χ1n) is 6.88. The summed E-state index contributed by atoms with van der Waals surface area (Å²) in [6.07, 6.45) is -0.995. The normalized spacial score (nSPS) is 19.6. The van der Waals surface area contributed by atoms with Crippen molar-refractivity contribution in [1.82, 2.24) is 10.2 Å². The van der Waals surface area contributed by atoms with E-state index in [1.807, 2.05) is 44.1 Å². The fourth-order valence-corrected chi connectivity index (χ4v) is 1.91. The minimum atomic E-state index is -0.657. The zero-order valence-electron chi connectivity index (χ0n) is 12.6. The molecule has 5 nitrogen and oxygen atoms in total. The highest BCUT2D eigenvalue weighted by Gasteiger charge is 2.33. The summed E-state index contributed by atoms with van der Waals surface area (Å²) in [6, 6.07) is 7.33. The van der Waals surface area contributed by atoms with Gasteiger partial charge in [-0.25, -0.2) is 0 Å². The maximum atomic E-state index is 12.1. The summed E-state index contributed by atoms with van der Waals surface area (Å²) in [5.74, 6) is 6.91. The Labute approximate surface area is 125 Å². The molecule has 1 aromatic carbocycles. The van der Waals surface area contributed by atoms with Crippen molar-refractivity contribution in [1.29, 1.82) is 0 Å². The number of nitrogens with one attached hydrogen (secondary N) is 1. The average Bonchev–Trinajstić information content (AvgIpc) is 2.45. The van der Waals surface area contributed by atoms with Crippen molar-refractivity contribution in [3.05, 3.63) is 24.3 Å². The van der Waals surface area contributed by atoms with Crippen molar-refractivity contribution in [2.45, 2.75) is 19.1 Å². The van der Waals surface area contributed by atoms with E-state index in [0.29, 0.717) is 24.6 Å². The number of rotatable bonds is 3. The fourth-order valence-electron chi connectivity index (χ4n) is 1.91. The Hall–Kier alpha value is -2.19. The van der Waals surface area contributed by atoms with Gasteiger partial charge in [-0.2, -0.15) is 0 Å². The highest BCUT2D eigenvalue weighted by molar-refractivity contribution is 5.82. The van der Waals surface area contributed by atoms with Crippen LogP contribution in [0.3, 0.4) is 0 Å². The Morgan fingerprint density at radius 3 is 2.57 bits per heavy atom. The van der Waals surface area contributed by atoms with Crippen LogP contribution in [0.25, 0.3) is 0 Å². The molecule has 1 aliphatic rings. The molecule has 1 N–H and O–H groups in total. The van der Waals surface area contributed by atoms with Gasteiger partial charge < -0.3 is 14.8 Å². The minimum Gasteiger partial charge on any atom is -0.482 e. The number of ether oxygens (including phenoxy) is 2. The number of fused-ring (bicyclic) bond motifs is 1. The predicted octanol–water partition coefficient (Wildman–Crippen LogP) is 0.896. The van der Waals surface area contributed by atoms with Gasteiger partial charge in [0.15, 0.2) is 11.5 Å². The molecule has 112 valence electrons. The Balaban J connectivity index is 1.89. The molecule has 0 spiro atoms. The van der Waals surface area contributed by atoms with Crippen LogP contribution in [0, 0.1) is 11.8 Å². The topological polar surface area (TPSA) is 50.8 Å². The number of benzene rings is 1. The van der Waals surface area contributed by atoms with Gasteiger partial charge in [-0.3, -0.25) is 9.69 Å². The van der Waals surface area contributed by atoms with Crippen molar-refractivity contribution in [2.75, 3.05) is 27.2 Å². The molecule has 0 unspecified atom stereocenters. The number of hydrogen-bond donors (Lipinski definition) is 1. The second kappa shape index (κ2) is 7.00. The molecular weight excluding hydrogens is 268 g/mol. The van der Waals surface area contributed by atoms with Gasteiger partial charge in [-0.05, 0) is 33.2 Å². The van der Waals surface area contributed by atoms with Crippen LogP contribution < -0.4 is 14.8 Å². The maximum Gasteiger partial charge on any atom is 0.265 e. The standard InChI is InChI=1S/C16H20N2O3/c1-12-15(16(19)17-10-6-7-11-18(2)3)21-14-9-5-4-8-13(14)20-12/h4-5,8-9,12,15H,10-11H2,1-3H3,(H,17,19)/t12-,15+/m0/s1. The molecule has 0 radical (unpaired) electrons. The molecule has 0 fully saturated rings.